The van der Waals surface area contributed by atoms with E-state index in [2.05, 4.69) is 4.74 Å². The van der Waals surface area contributed by atoms with Crippen molar-refractivity contribution in [2.45, 2.75) is 0 Å². The quantitative estimate of drug-likeness (QED) is 0.103. The van der Waals surface area contributed by atoms with E-state index >= 15 is 0 Å². The molecule has 33 heavy (non-hydrogen) atoms. The van der Waals surface area contributed by atoms with Crippen molar-refractivity contribution >= 4 is 16.9 Å². The highest BCUT2D eigenvalue weighted by Crippen LogP contribution is 2.29. The van der Waals surface area contributed by atoms with Gasteiger partial charge in [-0.2, -0.15) is 8.78 Å². The standard InChI is InChI=1S/C23H11F5O5/c24-17-18(25)20(27)22(21(28)19(17)26)31-10-16(29)32-13-7-6-12-8-14(11-4-2-1-3-5-11)23(30)33-15(12)9-13/h1-9H,10H2. The number of halogens is 5. The van der Waals surface area contributed by atoms with Crippen LogP contribution in [0.1, 0.15) is 0 Å². The average Bonchev–Trinajstić information content (AvgIpc) is 2.81. The van der Waals surface area contributed by atoms with E-state index < -0.39 is 53.0 Å². The summed E-state index contributed by atoms with van der Waals surface area (Å²) < 4.78 is 81.3. The predicted octanol–water partition coefficient (Wildman–Crippen LogP) is 5.14. The first-order chi connectivity index (χ1) is 15.8. The minimum atomic E-state index is -2.35. The number of esters is 1. The number of fused-ring (bicyclic) bond motifs is 1. The fourth-order valence-corrected chi connectivity index (χ4v) is 2.98. The normalized spacial score (nSPS) is 10.9. The van der Waals surface area contributed by atoms with Crippen molar-refractivity contribution in [2.24, 2.45) is 0 Å². The number of rotatable bonds is 5. The Kier molecular flexibility index (Phi) is 5.82. The molecule has 0 bridgehead atoms. The van der Waals surface area contributed by atoms with Gasteiger partial charge in [0.1, 0.15) is 11.3 Å². The number of carbonyl (C=O) groups excluding carboxylic acids is 1. The van der Waals surface area contributed by atoms with Crippen molar-refractivity contribution in [3.63, 3.8) is 0 Å². The average molecular weight is 462 g/mol. The first-order valence-corrected chi connectivity index (χ1v) is 9.24. The smallest absolute Gasteiger partial charge is 0.349 e. The second-order valence-electron chi connectivity index (χ2n) is 6.67. The molecule has 10 heteroatoms. The van der Waals surface area contributed by atoms with Crippen LogP contribution < -0.4 is 15.1 Å². The molecule has 0 atom stereocenters. The molecule has 0 spiro atoms. The Balaban J connectivity index is 1.52. The van der Waals surface area contributed by atoms with Gasteiger partial charge >= 0.3 is 11.6 Å². The Morgan fingerprint density at radius 1 is 0.818 bits per heavy atom. The van der Waals surface area contributed by atoms with E-state index in [-0.39, 0.29) is 11.3 Å². The molecule has 0 N–H and O–H groups in total. The molecule has 3 aromatic carbocycles. The third kappa shape index (κ3) is 4.27. The van der Waals surface area contributed by atoms with Gasteiger partial charge in [-0.25, -0.2) is 22.8 Å². The van der Waals surface area contributed by atoms with Crippen LogP contribution in [0, 0.1) is 29.1 Å². The summed E-state index contributed by atoms with van der Waals surface area (Å²) in [6.07, 6.45) is 0. The summed E-state index contributed by atoms with van der Waals surface area (Å²) in [7, 11) is 0. The van der Waals surface area contributed by atoms with Crippen molar-refractivity contribution in [1.29, 1.82) is 0 Å². The monoisotopic (exact) mass is 462 g/mol. The van der Waals surface area contributed by atoms with E-state index in [9.17, 15) is 31.5 Å². The van der Waals surface area contributed by atoms with Crippen molar-refractivity contribution < 1.29 is 40.6 Å². The van der Waals surface area contributed by atoms with Crippen molar-refractivity contribution in [2.75, 3.05) is 6.61 Å². The maximum absolute atomic E-state index is 13.6. The van der Waals surface area contributed by atoms with Crippen LogP contribution in [-0.4, -0.2) is 12.6 Å². The van der Waals surface area contributed by atoms with E-state index in [4.69, 9.17) is 9.15 Å². The molecule has 0 saturated carbocycles. The minimum Gasteiger partial charge on any atom is -0.476 e. The molecule has 168 valence electrons. The number of carbonyl (C=O) groups is 1. The summed E-state index contributed by atoms with van der Waals surface area (Å²) in [5, 5.41) is 0.519. The van der Waals surface area contributed by atoms with Crippen LogP contribution in [0.5, 0.6) is 11.5 Å². The lowest BCUT2D eigenvalue weighted by Gasteiger charge is -2.10. The molecular formula is C23H11F5O5. The topological polar surface area (TPSA) is 65.7 Å². The van der Waals surface area contributed by atoms with Gasteiger partial charge in [0.2, 0.25) is 29.1 Å². The fourth-order valence-electron chi connectivity index (χ4n) is 2.98. The Bertz CT molecular complexity index is 1400. The zero-order valence-electron chi connectivity index (χ0n) is 16.3. The summed E-state index contributed by atoms with van der Waals surface area (Å²) >= 11 is 0. The third-order valence-electron chi connectivity index (χ3n) is 4.53. The van der Waals surface area contributed by atoms with E-state index in [0.717, 1.165) is 0 Å². The predicted molar refractivity (Wildman–Crippen MR) is 105 cm³/mol. The SMILES string of the molecule is O=C(COc1c(F)c(F)c(F)c(F)c1F)Oc1ccc2cc(-c3ccccc3)c(=O)oc2c1. The van der Waals surface area contributed by atoms with Gasteiger partial charge in [-0.1, -0.05) is 30.3 Å². The van der Waals surface area contributed by atoms with E-state index in [1.807, 2.05) is 0 Å². The van der Waals surface area contributed by atoms with Gasteiger partial charge < -0.3 is 13.9 Å². The summed E-state index contributed by atoms with van der Waals surface area (Å²) in [5.74, 6) is -14.1. The van der Waals surface area contributed by atoms with Crippen LogP contribution in [0.2, 0.25) is 0 Å². The highest BCUT2D eigenvalue weighted by molar-refractivity contribution is 5.83. The second-order valence-corrected chi connectivity index (χ2v) is 6.67. The number of ether oxygens (including phenoxy) is 2. The molecule has 0 fully saturated rings. The van der Waals surface area contributed by atoms with Gasteiger partial charge in [0.25, 0.3) is 0 Å². The van der Waals surface area contributed by atoms with Gasteiger partial charge in [-0.3, -0.25) is 0 Å². The molecule has 1 heterocycles. The van der Waals surface area contributed by atoms with Gasteiger partial charge in [-0.15, -0.1) is 0 Å². The van der Waals surface area contributed by atoms with Crippen LogP contribution in [0.4, 0.5) is 22.0 Å². The molecule has 0 radical (unpaired) electrons. The van der Waals surface area contributed by atoms with Gasteiger partial charge in [0.15, 0.2) is 12.4 Å². The van der Waals surface area contributed by atoms with Gasteiger partial charge in [0.05, 0.1) is 5.56 Å². The van der Waals surface area contributed by atoms with Crippen LogP contribution >= 0.6 is 0 Å². The molecule has 0 saturated heterocycles. The van der Waals surface area contributed by atoms with Crippen LogP contribution in [0.25, 0.3) is 22.1 Å². The van der Waals surface area contributed by atoms with Crippen LogP contribution in [0.3, 0.4) is 0 Å². The summed E-state index contributed by atoms with van der Waals surface area (Å²) in [5.41, 5.74) is 0.426. The molecule has 4 aromatic rings. The minimum absolute atomic E-state index is 0.0886. The lowest BCUT2D eigenvalue weighted by Crippen LogP contribution is -2.19. The van der Waals surface area contributed by atoms with Crippen molar-refractivity contribution in [3.05, 3.63) is 94.1 Å². The molecule has 0 aliphatic rings. The fraction of sp³-hybridized carbons (Fsp3) is 0.0435. The first kappa shape index (κ1) is 22.0. The molecule has 0 aliphatic heterocycles. The zero-order chi connectivity index (χ0) is 23.7. The summed E-state index contributed by atoms with van der Waals surface area (Å²) in [6, 6.07) is 14.5. The maximum atomic E-state index is 13.6. The molecule has 0 aliphatic carbocycles. The third-order valence-corrected chi connectivity index (χ3v) is 4.53. The second kappa shape index (κ2) is 8.73. The largest absolute Gasteiger partial charge is 0.476 e. The number of benzene rings is 3. The molecule has 0 amide bonds. The van der Waals surface area contributed by atoms with E-state index in [0.29, 0.717) is 16.5 Å². The highest BCUT2D eigenvalue weighted by Gasteiger charge is 2.27. The van der Waals surface area contributed by atoms with Gasteiger partial charge in [-0.05, 0) is 23.8 Å². The highest BCUT2D eigenvalue weighted by atomic mass is 19.2. The zero-order valence-corrected chi connectivity index (χ0v) is 16.3. The van der Waals surface area contributed by atoms with Crippen molar-refractivity contribution in [1.82, 2.24) is 0 Å². The molecule has 5 nitrogen and oxygen atoms in total. The number of hydrogen-bond acceptors (Lipinski definition) is 5. The Hall–Kier alpha value is -4.21. The molecular weight excluding hydrogens is 451 g/mol. The van der Waals surface area contributed by atoms with Crippen LogP contribution in [0.15, 0.2) is 63.8 Å². The summed E-state index contributed by atoms with van der Waals surface area (Å²) in [6.45, 7) is -1.16. The number of hydrogen-bond donors (Lipinski definition) is 0. The van der Waals surface area contributed by atoms with Crippen molar-refractivity contribution in [3.8, 4) is 22.6 Å². The Morgan fingerprint density at radius 3 is 2.12 bits per heavy atom. The lowest BCUT2D eigenvalue weighted by molar-refractivity contribution is -0.136. The van der Waals surface area contributed by atoms with Gasteiger partial charge in [0, 0.05) is 11.5 Å². The maximum Gasteiger partial charge on any atom is 0.349 e. The van der Waals surface area contributed by atoms with E-state index in [1.165, 1.54) is 18.2 Å². The first-order valence-electron chi connectivity index (χ1n) is 9.24. The Labute approximate surface area is 181 Å². The molecule has 1 aromatic heterocycles. The van der Waals surface area contributed by atoms with Crippen LogP contribution in [-0.2, 0) is 4.79 Å². The molecule has 0 unspecified atom stereocenters. The Morgan fingerprint density at radius 2 is 1.45 bits per heavy atom. The molecule has 4 rings (SSSR count). The summed E-state index contributed by atoms with van der Waals surface area (Å²) in [4.78, 5) is 24.3. The van der Waals surface area contributed by atoms with E-state index in [1.54, 1.807) is 36.4 Å². The lowest BCUT2D eigenvalue weighted by atomic mass is 10.1.